The number of aromatic nitrogens is 2. The van der Waals surface area contributed by atoms with Crippen LogP contribution in [0.25, 0.3) is 0 Å². The lowest BCUT2D eigenvalue weighted by Gasteiger charge is -2.09. The molecule has 1 aromatic carbocycles. The largest absolute Gasteiger partial charge is 0.483 e. The molecule has 26 heavy (non-hydrogen) atoms. The third-order valence-corrected chi connectivity index (χ3v) is 5.19. The Bertz CT molecular complexity index is 753. The molecule has 1 aromatic heterocycles. The van der Waals surface area contributed by atoms with Crippen molar-refractivity contribution in [2.75, 3.05) is 6.61 Å². The molecule has 0 saturated heterocycles. The number of aryl methyl sites for hydroxylation is 2. The molecule has 0 N–H and O–H groups in total. The Labute approximate surface area is 165 Å². The van der Waals surface area contributed by atoms with E-state index in [-0.39, 0.29) is 12.5 Å². The van der Waals surface area contributed by atoms with E-state index in [2.05, 4.69) is 28.0 Å². The number of ether oxygens (including phenoxy) is 1. The van der Waals surface area contributed by atoms with E-state index in [9.17, 15) is 4.79 Å². The molecule has 0 fully saturated rings. The lowest BCUT2D eigenvalue weighted by Crippen LogP contribution is -2.22. The Morgan fingerprint density at radius 1 is 1.15 bits per heavy atom. The van der Waals surface area contributed by atoms with Crippen molar-refractivity contribution in [1.29, 1.82) is 0 Å². The van der Waals surface area contributed by atoms with Gasteiger partial charge in [-0.2, -0.15) is 5.10 Å². The molecule has 0 bridgehead atoms. The van der Waals surface area contributed by atoms with Crippen LogP contribution in [0.5, 0.6) is 5.75 Å². The molecular formula is C21H29BrN2O2. The second kappa shape index (κ2) is 9.91. The molecule has 0 saturated carbocycles. The molecule has 1 heterocycles. The number of unbranched alkanes of at least 4 members (excludes halogenated alkanes) is 4. The van der Waals surface area contributed by atoms with Crippen LogP contribution in [0, 0.1) is 20.8 Å². The Balaban J connectivity index is 1.97. The highest BCUT2D eigenvalue weighted by atomic mass is 79.9. The molecular weight excluding hydrogens is 392 g/mol. The molecule has 142 valence electrons. The van der Waals surface area contributed by atoms with Crippen molar-refractivity contribution in [3.8, 4) is 5.75 Å². The van der Waals surface area contributed by atoms with E-state index in [1.807, 2.05) is 39.0 Å². The molecule has 5 heteroatoms. The highest BCUT2D eigenvalue weighted by molar-refractivity contribution is 9.10. The van der Waals surface area contributed by atoms with Gasteiger partial charge in [-0.3, -0.25) is 4.79 Å². The van der Waals surface area contributed by atoms with E-state index in [0.717, 1.165) is 40.0 Å². The number of carbonyl (C=O) groups excluding carboxylic acids is 1. The number of rotatable bonds is 9. The lowest BCUT2D eigenvalue weighted by atomic mass is 10.0. The fourth-order valence-corrected chi connectivity index (χ4v) is 3.64. The summed E-state index contributed by atoms with van der Waals surface area (Å²) in [6.45, 7) is 8.13. The van der Waals surface area contributed by atoms with Gasteiger partial charge in [-0.05, 0) is 62.9 Å². The average Bonchev–Trinajstić information content (AvgIpc) is 2.88. The Kier molecular flexibility index (Phi) is 7.88. The molecule has 0 aliphatic carbocycles. The maximum absolute atomic E-state index is 12.6. The number of halogens is 1. The van der Waals surface area contributed by atoms with E-state index in [4.69, 9.17) is 4.74 Å². The van der Waals surface area contributed by atoms with Crippen molar-refractivity contribution in [1.82, 2.24) is 9.78 Å². The number of hydrogen-bond acceptors (Lipinski definition) is 3. The molecule has 2 aromatic rings. The first-order valence-corrected chi connectivity index (χ1v) is 10.2. The summed E-state index contributed by atoms with van der Waals surface area (Å²) in [5, 5.41) is 4.45. The topological polar surface area (TPSA) is 44.1 Å². The first-order chi connectivity index (χ1) is 12.4. The van der Waals surface area contributed by atoms with Gasteiger partial charge in [0.2, 0.25) is 0 Å². The van der Waals surface area contributed by atoms with Crippen molar-refractivity contribution in [3.05, 3.63) is 45.2 Å². The van der Waals surface area contributed by atoms with Crippen LogP contribution in [0.1, 0.15) is 66.3 Å². The molecule has 0 amide bonds. The summed E-state index contributed by atoms with van der Waals surface area (Å²) in [6.07, 6.45) is 7.20. The minimum atomic E-state index is -0.134. The number of nitrogens with zero attached hydrogens (tertiary/aromatic N) is 2. The quantitative estimate of drug-likeness (QED) is 0.481. The Morgan fingerprint density at radius 2 is 1.88 bits per heavy atom. The van der Waals surface area contributed by atoms with Gasteiger partial charge in [-0.25, -0.2) is 4.68 Å². The van der Waals surface area contributed by atoms with Gasteiger partial charge in [-0.15, -0.1) is 0 Å². The molecule has 0 aliphatic heterocycles. The van der Waals surface area contributed by atoms with Gasteiger partial charge in [0.15, 0.2) is 6.61 Å². The smallest absolute Gasteiger partial charge is 0.284 e. The summed E-state index contributed by atoms with van der Waals surface area (Å²) in [7, 11) is 0. The minimum Gasteiger partial charge on any atom is -0.483 e. The van der Waals surface area contributed by atoms with E-state index in [1.54, 1.807) is 0 Å². The average molecular weight is 421 g/mol. The van der Waals surface area contributed by atoms with E-state index in [1.165, 1.54) is 35.9 Å². The molecule has 4 nitrogen and oxygen atoms in total. The van der Waals surface area contributed by atoms with Crippen LogP contribution in [0.15, 0.2) is 22.7 Å². The minimum absolute atomic E-state index is 0.0135. The molecule has 0 radical (unpaired) electrons. The second-order valence-corrected chi connectivity index (χ2v) is 7.73. The van der Waals surface area contributed by atoms with Gasteiger partial charge in [0.1, 0.15) is 5.75 Å². The summed E-state index contributed by atoms with van der Waals surface area (Å²) in [5.41, 5.74) is 4.09. The van der Waals surface area contributed by atoms with Crippen LogP contribution < -0.4 is 4.74 Å². The van der Waals surface area contributed by atoms with E-state index in [0.29, 0.717) is 0 Å². The lowest BCUT2D eigenvalue weighted by molar-refractivity contribution is 0.0817. The standard InChI is InChI=1S/C21H29BrN2O2/c1-5-6-7-8-9-10-19-16(3)23-24(17(19)4)21(25)14-26-20-12-11-18(22)13-15(20)2/h11-13H,5-10,14H2,1-4H3. The molecule has 2 rings (SSSR count). The maximum Gasteiger partial charge on any atom is 0.284 e. The van der Waals surface area contributed by atoms with Crippen molar-refractivity contribution < 1.29 is 9.53 Å². The summed E-state index contributed by atoms with van der Waals surface area (Å²) in [4.78, 5) is 12.6. The normalized spacial score (nSPS) is 11.0. The molecule has 0 unspecified atom stereocenters. The first kappa shape index (κ1) is 20.7. The first-order valence-electron chi connectivity index (χ1n) is 9.41. The zero-order valence-corrected chi connectivity index (χ0v) is 17.9. The molecule has 0 spiro atoms. The Hall–Kier alpha value is -1.62. The van der Waals surface area contributed by atoms with Crippen LogP contribution in [0.4, 0.5) is 0 Å². The van der Waals surface area contributed by atoms with Crippen LogP contribution in [0.2, 0.25) is 0 Å². The fourth-order valence-electron chi connectivity index (χ4n) is 3.16. The number of hydrogen-bond donors (Lipinski definition) is 0. The predicted molar refractivity (Wildman–Crippen MR) is 109 cm³/mol. The van der Waals surface area contributed by atoms with Gasteiger partial charge in [-0.1, -0.05) is 48.5 Å². The third kappa shape index (κ3) is 5.44. The molecule has 0 aliphatic rings. The summed E-state index contributed by atoms with van der Waals surface area (Å²) in [5.74, 6) is 0.587. The van der Waals surface area contributed by atoms with Gasteiger partial charge < -0.3 is 4.74 Å². The van der Waals surface area contributed by atoms with Crippen molar-refractivity contribution in [3.63, 3.8) is 0 Å². The number of carbonyl (C=O) groups is 1. The van der Waals surface area contributed by atoms with Crippen molar-refractivity contribution >= 4 is 21.8 Å². The van der Waals surface area contributed by atoms with Gasteiger partial charge in [0, 0.05) is 10.2 Å². The third-order valence-electron chi connectivity index (χ3n) is 4.70. The predicted octanol–water partition coefficient (Wildman–Crippen LogP) is 5.80. The highest BCUT2D eigenvalue weighted by Gasteiger charge is 2.17. The highest BCUT2D eigenvalue weighted by Crippen LogP contribution is 2.22. The zero-order chi connectivity index (χ0) is 19.1. The number of benzene rings is 1. The SMILES string of the molecule is CCCCCCCc1c(C)nn(C(=O)COc2ccc(Br)cc2C)c1C. The maximum atomic E-state index is 12.6. The van der Waals surface area contributed by atoms with Gasteiger partial charge >= 0.3 is 0 Å². The van der Waals surface area contributed by atoms with Crippen molar-refractivity contribution in [2.24, 2.45) is 0 Å². The zero-order valence-electron chi connectivity index (χ0n) is 16.3. The van der Waals surface area contributed by atoms with E-state index >= 15 is 0 Å². The van der Waals surface area contributed by atoms with Crippen LogP contribution in [-0.2, 0) is 6.42 Å². The monoisotopic (exact) mass is 420 g/mol. The van der Waals surface area contributed by atoms with E-state index < -0.39 is 0 Å². The summed E-state index contributed by atoms with van der Waals surface area (Å²) >= 11 is 3.43. The van der Waals surface area contributed by atoms with Crippen LogP contribution in [0.3, 0.4) is 0 Å². The van der Waals surface area contributed by atoms with Gasteiger partial charge in [0.05, 0.1) is 5.69 Å². The fraction of sp³-hybridized carbons (Fsp3) is 0.524. The van der Waals surface area contributed by atoms with Gasteiger partial charge in [0.25, 0.3) is 5.91 Å². The second-order valence-electron chi connectivity index (χ2n) is 6.82. The Morgan fingerprint density at radius 3 is 2.58 bits per heavy atom. The summed E-state index contributed by atoms with van der Waals surface area (Å²) in [6, 6.07) is 5.75. The molecule has 0 atom stereocenters. The van der Waals surface area contributed by atoms with Crippen LogP contribution >= 0.6 is 15.9 Å². The van der Waals surface area contributed by atoms with Crippen molar-refractivity contribution in [2.45, 2.75) is 66.2 Å². The summed E-state index contributed by atoms with van der Waals surface area (Å²) < 4.78 is 8.21. The van der Waals surface area contributed by atoms with Crippen LogP contribution in [-0.4, -0.2) is 22.3 Å².